The van der Waals surface area contributed by atoms with Crippen LogP contribution in [0.4, 0.5) is 0 Å². The highest BCUT2D eigenvalue weighted by Crippen LogP contribution is 2.30. The molecule has 0 heterocycles. The zero-order valence-corrected chi connectivity index (χ0v) is 13.5. The van der Waals surface area contributed by atoms with E-state index in [1.54, 1.807) is 7.11 Å². The number of carbonyl (C=O) groups excluding carboxylic acids is 1. The lowest BCUT2D eigenvalue weighted by Crippen LogP contribution is -2.39. The molecule has 0 bridgehead atoms. The molecule has 0 saturated carbocycles. The monoisotopic (exact) mass is 294 g/mol. The molecule has 118 valence electrons. The highest BCUT2D eigenvalue weighted by Gasteiger charge is 2.14. The van der Waals surface area contributed by atoms with Gasteiger partial charge in [0.1, 0.15) is 0 Å². The number of ether oxygens (including phenoxy) is 2. The van der Waals surface area contributed by atoms with Crippen molar-refractivity contribution >= 4 is 5.91 Å². The summed E-state index contributed by atoms with van der Waals surface area (Å²) in [6.07, 6.45) is 0. The van der Waals surface area contributed by atoms with Gasteiger partial charge in [-0.15, -0.1) is 0 Å². The van der Waals surface area contributed by atoms with E-state index < -0.39 is 0 Å². The van der Waals surface area contributed by atoms with Crippen LogP contribution in [-0.4, -0.2) is 32.7 Å². The van der Waals surface area contributed by atoms with Gasteiger partial charge in [-0.2, -0.15) is 0 Å². The van der Waals surface area contributed by atoms with Gasteiger partial charge in [0.15, 0.2) is 18.1 Å². The Balaban J connectivity index is 2.71. The fourth-order valence-corrected chi connectivity index (χ4v) is 1.82. The molecule has 1 rings (SSSR count). The highest BCUT2D eigenvalue weighted by atomic mass is 16.5. The highest BCUT2D eigenvalue weighted by molar-refractivity contribution is 5.78. The van der Waals surface area contributed by atoms with Gasteiger partial charge in [-0.1, -0.05) is 26.0 Å². The number of methoxy groups -OCH3 is 1. The second-order valence-electron chi connectivity index (χ2n) is 5.37. The molecule has 0 aliphatic heterocycles. The van der Waals surface area contributed by atoms with Gasteiger partial charge in [0, 0.05) is 18.2 Å². The van der Waals surface area contributed by atoms with E-state index in [1.165, 1.54) is 0 Å². The van der Waals surface area contributed by atoms with Crippen LogP contribution >= 0.6 is 0 Å². The van der Waals surface area contributed by atoms with Crippen LogP contribution in [0.2, 0.25) is 0 Å². The summed E-state index contributed by atoms with van der Waals surface area (Å²) < 4.78 is 11.0. The van der Waals surface area contributed by atoms with Crippen molar-refractivity contribution in [2.45, 2.75) is 33.4 Å². The first-order valence-corrected chi connectivity index (χ1v) is 7.22. The number of hydrogen-bond donors (Lipinski definition) is 2. The number of amides is 1. The van der Waals surface area contributed by atoms with Gasteiger partial charge < -0.3 is 20.1 Å². The smallest absolute Gasteiger partial charge is 0.258 e. The Bertz CT molecular complexity index is 461. The van der Waals surface area contributed by atoms with E-state index in [-0.39, 0.29) is 18.6 Å². The predicted molar refractivity (Wildman–Crippen MR) is 83.7 cm³/mol. The first kappa shape index (κ1) is 17.3. The van der Waals surface area contributed by atoms with Crippen molar-refractivity contribution in [3.63, 3.8) is 0 Å². The van der Waals surface area contributed by atoms with Gasteiger partial charge in [-0.05, 0) is 26.0 Å². The zero-order chi connectivity index (χ0) is 15.8. The molecule has 0 aliphatic carbocycles. The van der Waals surface area contributed by atoms with Gasteiger partial charge in [0.05, 0.1) is 7.11 Å². The summed E-state index contributed by atoms with van der Waals surface area (Å²) in [4.78, 5) is 11.9. The summed E-state index contributed by atoms with van der Waals surface area (Å²) in [5, 5.41) is 5.99. The predicted octanol–water partition coefficient (Wildman–Crippen LogP) is 1.95. The zero-order valence-electron chi connectivity index (χ0n) is 13.5. The van der Waals surface area contributed by atoms with Crippen LogP contribution in [0, 0.1) is 5.92 Å². The fraction of sp³-hybridized carbons (Fsp3) is 0.562. The SMILES string of the molecule is CNCc1cccc(OC)c1OCC(=O)NC(C)C(C)C. The van der Waals surface area contributed by atoms with Crippen LogP contribution in [0.1, 0.15) is 26.3 Å². The standard InChI is InChI=1S/C16H26N2O3/c1-11(2)12(3)18-15(19)10-21-16-13(9-17-4)7-6-8-14(16)20-5/h6-8,11-12,17H,9-10H2,1-5H3,(H,18,19). The normalized spacial score (nSPS) is 12.1. The van der Waals surface area contributed by atoms with Crippen LogP contribution in [0.3, 0.4) is 0 Å². The quantitative estimate of drug-likeness (QED) is 0.769. The van der Waals surface area contributed by atoms with Crippen LogP contribution in [0.15, 0.2) is 18.2 Å². The summed E-state index contributed by atoms with van der Waals surface area (Å²) >= 11 is 0. The third-order valence-corrected chi connectivity index (χ3v) is 3.38. The van der Waals surface area contributed by atoms with Gasteiger partial charge in [-0.3, -0.25) is 4.79 Å². The Morgan fingerprint density at radius 1 is 1.29 bits per heavy atom. The van der Waals surface area contributed by atoms with E-state index in [0.717, 1.165) is 5.56 Å². The Hall–Kier alpha value is -1.75. The maximum Gasteiger partial charge on any atom is 0.258 e. The molecule has 0 saturated heterocycles. The largest absolute Gasteiger partial charge is 0.493 e. The third-order valence-electron chi connectivity index (χ3n) is 3.38. The number of carbonyl (C=O) groups is 1. The molecule has 0 spiro atoms. The van der Waals surface area contributed by atoms with Crippen molar-refractivity contribution in [3.8, 4) is 11.5 Å². The Labute approximate surface area is 127 Å². The van der Waals surface area contributed by atoms with Crippen LogP contribution in [-0.2, 0) is 11.3 Å². The number of rotatable bonds is 8. The Kier molecular flexibility index (Phi) is 7.02. The number of hydrogen-bond acceptors (Lipinski definition) is 4. The van der Waals surface area contributed by atoms with E-state index in [0.29, 0.717) is 24.0 Å². The molecule has 21 heavy (non-hydrogen) atoms. The lowest BCUT2D eigenvalue weighted by molar-refractivity contribution is -0.124. The van der Waals surface area contributed by atoms with Crippen LogP contribution in [0.25, 0.3) is 0 Å². The maximum absolute atomic E-state index is 11.9. The molecule has 0 aromatic heterocycles. The lowest BCUT2D eigenvalue weighted by Gasteiger charge is -2.19. The summed E-state index contributed by atoms with van der Waals surface area (Å²) in [6.45, 7) is 6.75. The summed E-state index contributed by atoms with van der Waals surface area (Å²) in [5.74, 6) is 1.51. The molecule has 5 nitrogen and oxygen atoms in total. The molecule has 5 heteroatoms. The van der Waals surface area contributed by atoms with Crippen molar-refractivity contribution in [3.05, 3.63) is 23.8 Å². The average Bonchev–Trinajstić information content (AvgIpc) is 2.45. The minimum absolute atomic E-state index is 0.0197. The van der Waals surface area contributed by atoms with Gasteiger partial charge in [-0.25, -0.2) is 0 Å². The Morgan fingerprint density at radius 3 is 2.57 bits per heavy atom. The molecular weight excluding hydrogens is 268 g/mol. The molecule has 1 amide bonds. The summed E-state index contributed by atoms with van der Waals surface area (Å²) in [6, 6.07) is 5.79. The molecule has 2 N–H and O–H groups in total. The van der Waals surface area contributed by atoms with Crippen molar-refractivity contribution in [2.24, 2.45) is 5.92 Å². The molecule has 0 aliphatic rings. The molecule has 1 unspecified atom stereocenters. The topological polar surface area (TPSA) is 59.6 Å². The minimum atomic E-state index is -0.127. The number of benzene rings is 1. The van der Waals surface area contributed by atoms with E-state index in [9.17, 15) is 4.79 Å². The minimum Gasteiger partial charge on any atom is -0.493 e. The average molecular weight is 294 g/mol. The van der Waals surface area contributed by atoms with E-state index >= 15 is 0 Å². The summed E-state index contributed by atoms with van der Waals surface area (Å²) in [5.41, 5.74) is 0.960. The molecule has 0 fully saturated rings. The van der Waals surface area contributed by atoms with Gasteiger partial charge in [0.2, 0.25) is 0 Å². The third kappa shape index (κ3) is 5.27. The molecular formula is C16H26N2O3. The molecule has 1 aromatic rings. The second-order valence-corrected chi connectivity index (χ2v) is 5.37. The summed E-state index contributed by atoms with van der Waals surface area (Å²) in [7, 11) is 3.45. The van der Waals surface area contributed by atoms with Crippen molar-refractivity contribution in [1.29, 1.82) is 0 Å². The van der Waals surface area contributed by atoms with Gasteiger partial charge in [0.25, 0.3) is 5.91 Å². The molecule has 1 atom stereocenters. The van der Waals surface area contributed by atoms with Crippen molar-refractivity contribution in [2.75, 3.05) is 20.8 Å². The van der Waals surface area contributed by atoms with E-state index in [1.807, 2.05) is 32.2 Å². The number of nitrogens with one attached hydrogen (secondary N) is 2. The van der Waals surface area contributed by atoms with Gasteiger partial charge >= 0.3 is 0 Å². The molecule has 1 aromatic carbocycles. The molecule has 0 radical (unpaired) electrons. The first-order chi connectivity index (χ1) is 9.99. The number of para-hydroxylation sites is 1. The van der Waals surface area contributed by atoms with Crippen molar-refractivity contribution < 1.29 is 14.3 Å². The van der Waals surface area contributed by atoms with Crippen molar-refractivity contribution in [1.82, 2.24) is 10.6 Å². The van der Waals surface area contributed by atoms with E-state index in [4.69, 9.17) is 9.47 Å². The second kappa shape index (κ2) is 8.52. The maximum atomic E-state index is 11.9. The Morgan fingerprint density at radius 2 is 2.00 bits per heavy atom. The first-order valence-electron chi connectivity index (χ1n) is 7.22. The van der Waals surface area contributed by atoms with Crippen LogP contribution < -0.4 is 20.1 Å². The van der Waals surface area contributed by atoms with Crippen LogP contribution in [0.5, 0.6) is 11.5 Å². The fourth-order valence-electron chi connectivity index (χ4n) is 1.82. The van der Waals surface area contributed by atoms with E-state index in [2.05, 4.69) is 24.5 Å². The lowest BCUT2D eigenvalue weighted by atomic mass is 10.1.